The summed E-state index contributed by atoms with van der Waals surface area (Å²) in [6.07, 6.45) is 0. The van der Waals surface area contributed by atoms with E-state index in [1.807, 2.05) is 0 Å². The number of para-hydroxylation sites is 2. The van der Waals surface area contributed by atoms with Gasteiger partial charge in [0.1, 0.15) is 5.75 Å². The third-order valence-corrected chi connectivity index (χ3v) is 0.937. The van der Waals surface area contributed by atoms with E-state index in [4.69, 9.17) is 10.8 Å². The molecule has 0 fully saturated rings. The summed E-state index contributed by atoms with van der Waals surface area (Å²) in [4.78, 5) is 0. The van der Waals surface area contributed by atoms with Gasteiger partial charge in [0, 0.05) is 29.6 Å². The van der Waals surface area contributed by atoms with Crippen LogP contribution in [0.5, 0.6) is 5.75 Å². The molecule has 10 heavy (non-hydrogen) atoms. The Morgan fingerprint density at radius 2 is 1.70 bits per heavy atom. The van der Waals surface area contributed by atoms with Gasteiger partial charge in [0.15, 0.2) is 0 Å². The number of phenols is 1. The molecule has 0 spiro atoms. The molecule has 0 aliphatic heterocycles. The molecule has 0 aliphatic rings. The Kier molecular flexibility index (Phi) is 6.92. The fraction of sp³-hybridized carbons (Fsp3) is 0. The Morgan fingerprint density at radius 3 is 2.00 bits per heavy atom. The van der Waals surface area contributed by atoms with Gasteiger partial charge < -0.3 is 16.3 Å². The Bertz CT molecular complexity index is 172. The molecule has 4 heteroatoms. The number of hydrogen-bond donors (Lipinski definition) is 2. The van der Waals surface area contributed by atoms with Gasteiger partial charge in [0.05, 0.1) is 5.69 Å². The van der Waals surface area contributed by atoms with Crippen LogP contribution >= 0.6 is 0 Å². The maximum Gasteiger partial charge on any atom is 0.138 e. The van der Waals surface area contributed by atoms with Gasteiger partial charge in [-0.1, -0.05) is 12.1 Å². The van der Waals surface area contributed by atoms with Crippen molar-refractivity contribution in [2.45, 2.75) is 0 Å². The fourth-order valence-electron chi connectivity index (χ4n) is 0.488. The zero-order valence-electron chi connectivity index (χ0n) is 5.83. The molecule has 0 saturated carbocycles. The van der Waals surface area contributed by atoms with Crippen LogP contribution in [0.1, 0.15) is 0 Å². The number of anilines is 1. The summed E-state index contributed by atoms with van der Waals surface area (Å²) in [5.41, 5.74) is 5.69. The van der Waals surface area contributed by atoms with Crippen LogP contribution in [0.3, 0.4) is 0 Å². The van der Waals surface area contributed by atoms with Crippen molar-refractivity contribution in [3.05, 3.63) is 24.3 Å². The number of hydrogen-bond acceptors (Lipinski definition) is 2. The first-order valence-electron chi connectivity index (χ1n) is 2.34. The number of nitrogen functional groups attached to an aromatic ring is 1. The molecule has 0 amide bonds. The Balaban J connectivity index is 0. The van der Waals surface area contributed by atoms with E-state index in [9.17, 15) is 0 Å². The predicted molar refractivity (Wildman–Crippen MR) is 41.9 cm³/mol. The summed E-state index contributed by atoms with van der Waals surface area (Å²) >= 11 is 0. The first-order valence-corrected chi connectivity index (χ1v) is 2.34. The minimum atomic E-state index is 0. The smallest absolute Gasteiger partial charge is 0.138 e. The van der Waals surface area contributed by atoms with Crippen molar-refractivity contribution >= 4 is 35.2 Å². The first kappa shape index (κ1) is 12.5. The van der Waals surface area contributed by atoms with Crippen LogP contribution in [0.2, 0.25) is 0 Å². The molecule has 51 valence electrons. The van der Waals surface area contributed by atoms with Crippen LogP contribution in [0.4, 0.5) is 5.69 Å². The van der Waals surface area contributed by atoms with E-state index < -0.39 is 0 Å². The topological polar surface area (TPSA) is 77.8 Å². The summed E-state index contributed by atoms with van der Waals surface area (Å²) in [5, 5.41) is 8.79. The van der Waals surface area contributed by atoms with Gasteiger partial charge in [-0.2, -0.15) is 0 Å². The van der Waals surface area contributed by atoms with Gasteiger partial charge >= 0.3 is 0 Å². The molecule has 1 rings (SSSR count). The van der Waals surface area contributed by atoms with Crippen molar-refractivity contribution in [3.63, 3.8) is 0 Å². The number of benzene rings is 1. The quantitative estimate of drug-likeness (QED) is 0.304. The van der Waals surface area contributed by atoms with E-state index in [0.29, 0.717) is 5.69 Å². The molecule has 0 atom stereocenters. The van der Waals surface area contributed by atoms with Gasteiger partial charge in [-0.25, -0.2) is 0 Å². The van der Waals surface area contributed by atoms with Crippen molar-refractivity contribution in [3.8, 4) is 5.75 Å². The summed E-state index contributed by atoms with van der Waals surface area (Å²) in [5.74, 6) is 0.146. The van der Waals surface area contributed by atoms with Gasteiger partial charge in [-0.15, -0.1) is 0 Å². The third-order valence-electron chi connectivity index (χ3n) is 0.937. The molecular weight excluding hydrogens is 141 g/mol. The molecule has 0 aliphatic carbocycles. The van der Waals surface area contributed by atoms with Crippen LogP contribution < -0.4 is 5.73 Å². The van der Waals surface area contributed by atoms with Crippen LogP contribution in [-0.4, -0.2) is 40.1 Å². The fourth-order valence-corrected chi connectivity index (χ4v) is 0.488. The Hall–Kier alpha value is -0.220. The van der Waals surface area contributed by atoms with Gasteiger partial charge in [-0.05, 0) is 12.1 Å². The molecule has 0 heterocycles. The summed E-state index contributed by atoms with van der Waals surface area (Å²) in [6, 6.07) is 6.70. The Morgan fingerprint density at radius 1 is 1.20 bits per heavy atom. The molecule has 1 aromatic carbocycles. The zero-order valence-corrected chi connectivity index (χ0v) is 7.83. The second kappa shape index (κ2) is 5.56. The third kappa shape index (κ3) is 3.08. The number of phenolic OH excluding ortho intramolecular Hbond substituents is 1. The standard InChI is InChI=1S/C6H7NO.Na.H2O/c7-5-3-1-2-4-6(5)8;;/h1-4,8H,7H2;;1H2. The molecular formula is C6H9NNaO2. The van der Waals surface area contributed by atoms with Crippen LogP contribution in [0.15, 0.2) is 24.3 Å². The van der Waals surface area contributed by atoms with E-state index in [0.717, 1.165) is 0 Å². The molecule has 5 N–H and O–H groups in total. The second-order valence-electron chi connectivity index (χ2n) is 1.56. The Labute approximate surface area is 81.5 Å². The molecule has 1 aromatic rings. The van der Waals surface area contributed by atoms with Crippen LogP contribution in [0, 0.1) is 0 Å². The minimum absolute atomic E-state index is 0. The second-order valence-corrected chi connectivity index (χ2v) is 1.56. The molecule has 0 unspecified atom stereocenters. The van der Waals surface area contributed by atoms with E-state index >= 15 is 0 Å². The zero-order chi connectivity index (χ0) is 5.98. The summed E-state index contributed by atoms with van der Waals surface area (Å²) in [7, 11) is 0. The number of aromatic hydroxyl groups is 1. The number of rotatable bonds is 0. The van der Waals surface area contributed by atoms with Crippen molar-refractivity contribution in [1.82, 2.24) is 0 Å². The maximum absolute atomic E-state index is 8.79. The molecule has 3 nitrogen and oxygen atoms in total. The summed E-state index contributed by atoms with van der Waals surface area (Å²) in [6.45, 7) is 0. The van der Waals surface area contributed by atoms with E-state index in [2.05, 4.69) is 0 Å². The van der Waals surface area contributed by atoms with Crippen LogP contribution in [-0.2, 0) is 0 Å². The minimum Gasteiger partial charge on any atom is -0.506 e. The molecule has 0 saturated heterocycles. The molecule has 0 bridgehead atoms. The largest absolute Gasteiger partial charge is 0.506 e. The molecule has 0 aromatic heterocycles. The molecule has 1 radical (unpaired) electrons. The van der Waals surface area contributed by atoms with E-state index in [-0.39, 0.29) is 40.8 Å². The van der Waals surface area contributed by atoms with Crippen molar-refractivity contribution in [2.75, 3.05) is 5.73 Å². The van der Waals surface area contributed by atoms with Crippen molar-refractivity contribution < 1.29 is 10.6 Å². The van der Waals surface area contributed by atoms with Crippen LogP contribution in [0.25, 0.3) is 0 Å². The average molecular weight is 150 g/mol. The first-order chi connectivity index (χ1) is 3.80. The maximum atomic E-state index is 8.79. The monoisotopic (exact) mass is 150 g/mol. The van der Waals surface area contributed by atoms with E-state index in [1.54, 1.807) is 24.3 Å². The SMILES string of the molecule is Nc1ccccc1O.O.[Na]. The number of nitrogens with two attached hydrogens (primary N) is 1. The average Bonchev–Trinajstić information content (AvgIpc) is 1.77. The predicted octanol–water partition coefficient (Wildman–Crippen LogP) is -0.231. The summed E-state index contributed by atoms with van der Waals surface area (Å²) < 4.78 is 0. The van der Waals surface area contributed by atoms with Gasteiger partial charge in [-0.3, -0.25) is 0 Å². The van der Waals surface area contributed by atoms with Gasteiger partial charge in [0.25, 0.3) is 0 Å². The van der Waals surface area contributed by atoms with Crippen molar-refractivity contribution in [2.24, 2.45) is 0 Å². The van der Waals surface area contributed by atoms with Gasteiger partial charge in [0.2, 0.25) is 0 Å². The van der Waals surface area contributed by atoms with Crippen molar-refractivity contribution in [1.29, 1.82) is 0 Å². The van der Waals surface area contributed by atoms with E-state index in [1.165, 1.54) is 0 Å². The normalized spacial score (nSPS) is 7.20.